The number of nitrogens with one attached hydrogen (secondary N) is 1. The second-order valence-corrected chi connectivity index (χ2v) is 5.52. The minimum Gasteiger partial charge on any atom is -0.396 e. The summed E-state index contributed by atoms with van der Waals surface area (Å²) < 4.78 is 21.3. The van der Waals surface area contributed by atoms with Gasteiger partial charge in [0.1, 0.15) is 0 Å². The zero-order valence-corrected chi connectivity index (χ0v) is 17.4. The van der Waals surface area contributed by atoms with Crippen LogP contribution in [-0.4, -0.2) is 88.2 Å². The van der Waals surface area contributed by atoms with E-state index in [1.54, 1.807) is 0 Å². The van der Waals surface area contributed by atoms with Crippen molar-refractivity contribution in [1.82, 2.24) is 5.32 Å². The van der Waals surface area contributed by atoms with Gasteiger partial charge >= 0.3 is 0 Å². The van der Waals surface area contributed by atoms with Gasteiger partial charge in [-0.1, -0.05) is 20.8 Å². The average Bonchev–Trinajstić information content (AvgIpc) is 2.68. The Morgan fingerprint density at radius 2 is 1.37 bits per heavy atom. The fourth-order valence-corrected chi connectivity index (χ4v) is 1.88. The first-order valence-electron chi connectivity index (χ1n) is 10.1. The first-order chi connectivity index (χ1) is 13.2. The van der Waals surface area contributed by atoms with Crippen molar-refractivity contribution < 1.29 is 34.0 Å². The summed E-state index contributed by atoms with van der Waals surface area (Å²) >= 11 is 0. The fraction of sp³-hybridized carbons (Fsp3) is 0.947. The molecule has 164 valence electrons. The Labute approximate surface area is 164 Å². The smallest absolute Gasteiger partial charge is 0.222 e. The summed E-state index contributed by atoms with van der Waals surface area (Å²) in [4.78, 5) is 11.5. The van der Waals surface area contributed by atoms with Crippen LogP contribution in [0.25, 0.3) is 0 Å². The van der Waals surface area contributed by atoms with Crippen LogP contribution in [-0.2, 0) is 23.7 Å². The first-order valence-corrected chi connectivity index (χ1v) is 10.1. The molecule has 0 bridgehead atoms. The number of rotatable bonds is 19. The second-order valence-electron chi connectivity index (χ2n) is 5.52. The third-order valence-corrected chi connectivity index (χ3v) is 3.15. The Bertz CT molecular complexity index is 293. The molecular weight excluding hydrogens is 354 g/mol. The molecule has 0 saturated heterocycles. The highest BCUT2D eigenvalue weighted by Gasteiger charge is 2.09. The van der Waals surface area contributed by atoms with E-state index in [1.807, 2.05) is 13.8 Å². The van der Waals surface area contributed by atoms with Crippen molar-refractivity contribution in [1.29, 1.82) is 0 Å². The lowest BCUT2D eigenvalue weighted by Crippen LogP contribution is -2.30. The number of aliphatic hydroxyl groups excluding tert-OH is 2. The van der Waals surface area contributed by atoms with Crippen LogP contribution in [0.2, 0.25) is 0 Å². The molecule has 0 radical (unpaired) electrons. The Hall–Kier alpha value is -0.770. The molecule has 0 aliphatic rings. The average molecular weight is 396 g/mol. The zero-order chi connectivity index (χ0) is 20.6. The van der Waals surface area contributed by atoms with Crippen molar-refractivity contribution in [3.05, 3.63) is 0 Å². The molecule has 0 aliphatic carbocycles. The highest BCUT2D eigenvalue weighted by atomic mass is 16.6. The SMILES string of the molecule is CC.CCCOCCOCCOCCOCCNC(=O)CC(O)CCCO. The predicted molar refractivity (Wildman–Crippen MR) is 105 cm³/mol. The molecule has 3 N–H and O–H groups in total. The molecule has 0 aromatic heterocycles. The summed E-state index contributed by atoms with van der Waals surface area (Å²) in [7, 11) is 0. The number of carbonyl (C=O) groups is 1. The van der Waals surface area contributed by atoms with E-state index >= 15 is 0 Å². The molecule has 0 rings (SSSR count). The standard InChI is InChI=1S/C17H35NO7.C2H6/c1-2-7-22-9-11-24-13-14-25-12-10-23-8-5-18-17(21)15-16(20)4-3-6-19;1-2/h16,19-20H,2-15H2,1H3,(H,18,21);1-2H3. The van der Waals surface area contributed by atoms with Crippen LogP contribution in [0, 0.1) is 0 Å². The normalized spacial score (nSPS) is 11.6. The molecule has 0 aromatic rings. The summed E-state index contributed by atoms with van der Waals surface area (Å²) in [6, 6.07) is 0. The molecule has 1 atom stereocenters. The molecule has 0 aliphatic heterocycles. The summed E-state index contributed by atoms with van der Waals surface area (Å²) in [5.41, 5.74) is 0. The molecule has 0 spiro atoms. The van der Waals surface area contributed by atoms with Gasteiger partial charge in [-0.2, -0.15) is 0 Å². The van der Waals surface area contributed by atoms with Gasteiger partial charge in [0, 0.05) is 19.8 Å². The van der Waals surface area contributed by atoms with E-state index in [2.05, 4.69) is 12.2 Å². The van der Waals surface area contributed by atoms with Crippen molar-refractivity contribution in [2.75, 3.05) is 66.0 Å². The monoisotopic (exact) mass is 395 g/mol. The van der Waals surface area contributed by atoms with Crippen LogP contribution in [0.3, 0.4) is 0 Å². The van der Waals surface area contributed by atoms with E-state index in [0.717, 1.165) is 13.0 Å². The largest absolute Gasteiger partial charge is 0.396 e. The van der Waals surface area contributed by atoms with Crippen LogP contribution in [0.4, 0.5) is 0 Å². The summed E-state index contributed by atoms with van der Waals surface area (Å²) in [6.45, 7) is 10.8. The topological polar surface area (TPSA) is 106 Å². The van der Waals surface area contributed by atoms with Gasteiger partial charge in [-0.3, -0.25) is 4.79 Å². The maximum Gasteiger partial charge on any atom is 0.222 e. The maximum absolute atomic E-state index is 11.5. The van der Waals surface area contributed by atoms with E-state index in [1.165, 1.54) is 0 Å². The number of aliphatic hydroxyl groups is 2. The number of amides is 1. The molecule has 8 nitrogen and oxygen atoms in total. The molecule has 1 unspecified atom stereocenters. The Morgan fingerprint density at radius 3 is 1.85 bits per heavy atom. The van der Waals surface area contributed by atoms with Crippen LogP contribution < -0.4 is 5.32 Å². The van der Waals surface area contributed by atoms with Crippen molar-refractivity contribution in [2.24, 2.45) is 0 Å². The van der Waals surface area contributed by atoms with Gasteiger partial charge in [-0.05, 0) is 19.3 Å². The van der Waals surface area contributed by atoms with Gasteiger partial charge in [0.2, 0.25) is 5.91 Å². The Balaban J connectivity index is 0. The van der Waals surface area contributed by atoms with Crippen molar-refractivity contribution >= 4 is 5.91 Å². The summed E-state index contributed by atoms with van der Waals surface area (Å²) in [5, 5.41) is 20.8. The molecule has 27 heavy (non-hydrogen) atoms. The van der Waals surface area contributed by atoms with Crippen molar-refractivity contribution in [3.63, 3.8) is 0 Å². The highest BCUT2D eigenvalue weighted by molar-refractivity contribution is 5.76. The van der Waals surface area contributed by atoms with Gasteiger partial charge in [-0.15, -0.1) is 0 Å². The molecule has 0 fully saturated rings. The van der Waals surface area contributed by atoms with Gasteiger partial charge < -0.3 is 34.5 Å². The summed E-state index contributed by atoms with van der Waals surface area (Å²) in [5.74, 6) is -0.217. The number of ether oxygens (including phenoxy) is 4. The van der Waals surface area contributed by atoms with E-state index in [9.17, 15) is 9.90 Å². The summed E-state index contributed by atoms with van der Waals surface area (Å²) in [6.07, 6.45) is 1.27. The maximum atomic E-state index is 11.5. The molecular formula is C19H41NO7. The lowest BCUT2D eigenvalue weighted by Gasteiger charge is -2.10. The zero-order valence-electron chi connectivity index (χ0n) is 17.4. The molecule has 0 aromatic carbocycles. The minimum absolute atomic E-state index is 0.0219. The Kier molecular flexibility index (Phi) is 26.6. The van der Waals surface area contributed by atoms with E-state index in [4.69, 9.17) is 24.1 Å². The van der Waals surface area contributed by atoms with Crippen LogP contribution in [0.15, 0.2) is 0 Å². The quantitative estimate of drug-likeness (QED) is 0.282. The second kappa shape index (κ2) is 25.2. The number of carbonyl (C=O) groups excluding carboxylic acids is 1. The van der Waals surface area contributed by atoms with Gasteiger partial charge in [0.15, 0.2) is 0 Å². The van der Waals surface area contributed by atoms with Gasteiger partial charge in [-0.25, -0.2) is 0 Å². The highest BCUT2D eigenvalue weighted by Crippen LogP contribution is 2.00. The molecule has 8 heteroatoms. The minimum atomic E-state index is -0.707. The van der Waals surface area contributed by atoms with E-state index in [-0.39, 0.29) is 18.9 Å². The number of hydrogen-bond donors (Lipinski definition) is 3. The molecule has 0 heterocycles. The first kappa shape index (κ1) is 28.4. The van der Waals surface area contributed by atoms with Crippen molar-refractivity contribution in [3.8, 4) is 0 Å². The Morgan fingerprint density at radius 1 is 0.889 bits per heavy atom. The third kappa shape index (κ3) is 25.2. The molecule has 0 saturated carbocycles. The van der Waals surface area contributed by atoms with E-state index < -0.39 is 6.10 Å². The van der Waals surface area contributed by atoms with Crippen molar-refractivity contribution in [2.45, 2.75) is 52.6 Å². The lowest BCUT2D eigenvalue weighted by atomic mass is 10.1. The van der Waals surface area contributed by atoms with Crippen LogP contribution in [0.5, 0.6) is 0 Å². The number of hydrogen-bond acceptors (Lipinski definition) is 7. The predicted octanol–water partition coefficient (Wildman–Crippen LogP) is 1.13. The van der Waals surface area contributed by atoms with Gasteiger partial charge in [0.25, 0.3) is 0 Å². The lowest BCUT2D eigenvalue weighted by molar-refractivity contribution is -0.123. The van der Waals surface area contributed by atoms with Gasteiger partial charge in [0.05, 0.1) is 58.8 Å². The van der Waals surface area contributed by atoms with Crippen LogP contribution in [0.1, 0.15) is 46.5 Å². The molecule has 1 amide bonds. The fourth-order valence-electron chi connectivity index (χ4n) is 1.88. The van der Waals surface area contributed by atoms with Crippen LogP contribution >= 0.6 is 0 Å². The third-order valence-electron chi connectivity index (χ3n) is 3.15. The van der Waals surface area contributed by atoms with E-state index in [0.29, 0.717) is 65.6 Å².